The zero-order valence-corrected chi connectivity index (χ0v) is 19.6. The molecule has 4 aromatic rings. The highest BCUT2D eigenvalue weighted by molar-refractivity contribution is 5.91. The molecule has 0 heterocycles. The first-order chi connectivity index (χ1) is 16.5. The predicted molar refractivity (Wildman–Crippen MR) is 140 cm³/mol. The van der Waals surface area contributed by atoms with Gasteiger partial charge in [0.2, 0.25) is 0 Å². The van der Waals surface area contributed by atoms with E-state index in [0.717, 1.165) is 39.0 Å². The van der Waals surface area contributed by atoms with Crippen LogP contribution in [-0.4, -0.2) is 14.2 Å². The molecular formula is C31H27FO2. The van der Waals surface area contributed by atoms with E-state index in [2.05, 4.69) is 43.8 Å². The Hall–Kier alpha value is -4.11. The summed E-state index contributed by atoms with van der Waals surface area (Å²) in [6.07, 6.45) is 3.98. The third kappa shape index (κ3) is 4.79. The van der Waals surface area contributed by atoms with Gasteiger partial charge in [-0.3, -0.25) is 0 Å². The Morgan fingerprint density at radius 2 is 1.53 bits per heavy atom. The van der Waals surface area contributed by atoms with Crippen molar-refractivity contribution >= 4 is 11.6 Å². The summed E-state index contributed by atoms with van der Waals surface area (Å²) in [5.41, 5.74) is 8.07. The molecule has 0 N–H and O–H groups in total. The zero-order chi connectivity index (χ0) is 24.1. The molecule has 0 unspecified atom stereocenters. The quantitative estimate of drug-likeness (QED) is 0.209. The number of methoxy groups -OCH3 is 2. The lowest BCUT2D eigenvalue weighted by Gasteiger charge is -2.17. The third-order valence-corrected chi connectivity index (χ3v) is 5.88. The molecule has 0 aliphatic rings. The van der Waals surface area contributed by atoms with Crippen LogP contribution in [0, 0.1) is 12.7 Å². The lowest BCUT2D eigenvalue weighted by atomic mass is 9.93. The number of hydrogen-bond donors (Lipinski definition) is 0. The van der Waals surface area contributed by atoms with E-state index in [1.807, 2.05) is 42.5 Å². The van der Waals surface area contributed by atoms with Crippen LogP contribution in [0.15, 0.2) is 97.6 Å². The topological polar surface area (TPSA) is 18.5 Å². The van der Waals surface area contributed by atoms with E-state index in [0.29, 0.717) is 11.5 Å². The highest BCUT2D eigenvalue weighted by Gasteiger charge is 2.16. The van der Waals surface area contributed by atoms with Crippen LogP contribution in [0.5, 0.6) is 11.5 Å². The molecule has 34 heavy (non-hydrogen) atoms. The Balaban J connectivity index is 1.87. The standard InChI is InChI=1S/C31H27FO2/c1-5-22(17-24-10-7-6-9-21(24)2)27-19-29(31(34-4)30(20-27)33-3)26-12-8-11-25(18-26)23-13-15-28(32)16-14-23/h5-20H,1H2,2-4H3/b22-17+. The molecule has 0 aromatic heterocycles. The lowest BCUT2D eigenvalue weighted by molar-refractivity contribution is 0.356. The first kappa shape index (κ1) is 23.1. The number of hydrogen-bond acceptors (Lipinski definition) is 2. The van der Waals surface area contributed by atoms with Crippen molar-refractivity contribution in [1.29, 1.82) is 0 Å². The van der Waals surface area contributed by atoms with Gasteiger partial charge in [0.15, 0.2) is 11.5 Å². The summed E-state index contributed by atoms with van der Waals surface area (Å²) in [4.78, 5) is 0. The Bertz CT molecular complexity index is 1350. The molecule has 3 heteroatoms. The van der Waals surface area contributed by atoms with E-state index in [-0.39, 0.29) is 5.82 Å². The second-order valence-corrected chi connectivity index (χ2v) is 8.01. The summed E-state index contributed by atoms with van der Waals surface area (Å²) in [6, 6.07) is 26.9. The van der Waals surface area contributed by atoms with Crippen molar-refractivity contribution in [3.63, 3.8) is 0 Å². The summed E-state index contributed by atoms with van der Waals surface area (Å²) < 4.78 is 24.9. The lowest BCUT2D eigenvalue weighted by Crippen LogP contribution is -1.96. The van der Waals surface area contributed by atoms with Crippen molar-refractivity contribution in [2.75, 3.05) is 14.2 Å². The highest BCUT2D eigenvalue weighted by Crippen LogP contribution is 2.42. The van der Waals surface area contributed by atoms with E-state index in [9.17, 15) is 4.39 Å². The van der Waals surface area contributed by atoms with E-state index in [1.54, 1.807) is 26.4 Å². The summed E-state index contributed by atoms with van der Waals surface area (Å²) in [6.45, 7) is 6.14. The number of benzene rings is 4. The monoisotopic (exact) mass is 450 g/mol. The van der Waals surface area contributed by atoms with Gasteiger partial charge in [-0.15, -0.1) is 0 Å². The first-order valence-electron chi connectivity index (χ1n) is 11.1. The van der Waals surface area contributed by atoms with Gasteiger partial charge in [0.05, 0.1) is 14.2 Å². The average molecular weight is 451 g/mol. The van der Waals surface area contributed by atoms with Crippen LogP contribution < -0.4 is 9.47 Å². The summed E-state index contributed by atoms with van der Waals surface area (Å²) in [5, 5.41) is 0. The molecule has 4 aromatic carbocycles. The fraction of sp³-hybridized carbons (Fsp3) is 0.0968. The van der Waals surface area contributed by atoms with Crippen molar-refractivity contribution in [2.45, 2.75) is 6.92 Å². The zero-order valence-electron chi connectivity index (χ0n) is 19.6. The number of rotatable bonds is 7. The van der Waals surface area contributed by atoms with Crippen LogP contribution in [0.4, 0.5) is 4.39 Å². The number of aryl methyl sites for hydroxylation is 1. The summed E-state index contributed by atoms with van der Waals surface area (Å²) >= 11 is 0. The van der Waals surface area contributed by atoms with E-state index in [4.69, 9.17) is 9.47 Å². The fourth-order valence-corrected chi connectivity index (χ4v) is 4.03. The maximum atomic E-state index is 13.4. The van der Waals surface area contributed by atoms with Gasteiger partial charge >= 0.3 is 0 Å². The Morgan fingerprint density at radius 1 is 0.794 bits per heavy atom. The average Bonchev–Trinajstić information content (AvgIpc) is 2.88. The summed E-state index contributed by atoms with van der Waals surface area (Å²) in [7, 11) is 3.28. The maximum Gasteiger partial charge on any atom is 0.168 e. The van der Waals surface area contributed by atoms with Crippen LogP contribution in [0.25, 0.3) is 33.9 Å². The molecule has 0 bridgehead atoms. The molecule has 0 aliphatic heterocycles. The molecule has 4 rings (SSSR count). The van der Waals surface area contributed by atoms with Gasteiger partial charge in [-0.25, -0.2) is 4.39 Å². The number of ether oxygens (including phenoxy) is 2. The minimum Gasteiger partial charge on any atom is -0.493 e. The molecule has 0 saturated heterocycles. The fourth-order valence-electron chi connectivity index (χ4n) is 4.03. The van der Waals surface area contributed by atoms with Crippen molar-refractivity contribution in [3.05, 3.63) is 120 Å². The maximum absolute atomic E-state index is 13.4. The number of halogens is 1. The number of allylic oxidation sites excluding steroid dienone is 2. The van der Waals surface area contributed by atoms with Crippen LogP contribution in [0.2, 0.25) is 0 Å². The van der Waals surface area contributed by atoms with E-state index < -0.39 is 0 Å². The first-order valence-corrected chi connectivity index (χ1v) is 11.1. The Kier molecular flexibility index (Phi) is 6.93. The van der Waals surface area contributed by atoms with Gasteiger partial charge in [0.1, 0.15) is 5.82 Å². The molecule has 0 aliphatic carbocycles. The SMILES string of the molecule is C=C/C(=C\c1ccccc1C)c1cc(OC)c(OC)c(-c2cccc(-c3ccc(F)cc3)c2)c1. The van der Waals surface area contributed by atoms with E-state index >= 15 is 0 Å². The normalized spacial score (nSPS) is 11.2. The second kappa shape index (κ2) is 10.2. The largest absolute Gasteiger partial charge is 0.493 e. The highest BCUT2D eigenvalue weighted by atomic mass is 19.1. The van der Waals surface area contributed by atoms with Crippen molar-refractivity contribution in [1.82, 2.24) is 0 Å². The molecule has 0 fully saturated rings. The van der Waals surface area contributed by atoms with Gasteiger partial charge in [-0.05, 0) is 82.3 Å². The van der Waals surface area contributed by atoms with Crippen molar-refractivity contribution < 1.29 is 13.9 Å². The molecular weight excluding hydrogens is 423 g/mol. The molecule has 0 saturated carbocycles. The van der Waals surface area contributed by atoms with Gasteiger partial charge in [0, 0.05) is 5.56 Å². The summed E-state index contributed by atoms with van der Waals surface area (Å²) in [5.74, 6) is 1.04. The van der Waals surface area contributed by atoms with Crippen LogP contribution in [0.1, 0.15) is 16.7 Å². The Labute approximate surface area is 200 Å². The van der Waals surface area contributed by atoms with Crippen molar-refractivity contribution in [3.8, 4) is 33.8 Å². The van der Waals surface area contributed by atoms with Gasteiger partial charge in [0.25, 0.3) is 0 Å². The molecule has 170 valence electrons. The molecule has 0 atom stereocenters. The van der Waals surface area contributed by atoms with Crippen LogP contribution in [0.3, 0.4) is 0 Å². The molecule has 2 nitrogen and oxygen atoms in total. The minimum absolute atomic E-state index is 0.253. The smallest absolute Gasteiger partial charge is 0.168 e. The molecule has 0 radical (unpaired) electrons. The van der Waals surface area contributed by atoms with E-state index in [1.165, 1.54) is 17.7 Å². The molecule has 0 spiro atoms. The second-order valence-electron chi connectivity index (χ2n) is 8.01. The Morgan fingerprint density at radius 3 is 2.21 bits per heavy atom. The minimum atomic E-state index is -0.253. The van der Waals surface area contributed by atoms with Gasteiger partial charge in [-0.2, -0.15) is 0 Å². The van der Waals surface area contributed by atoms with Crippen LogP contribution in [-0.2, 0) is 0 Å². The third-order valence-electron chi connectivity index (χ3n) is 5.88. The molecule has 0 amide bonds. The van der Waals surface area contributed by atoms with Crippen LogP contribution >= 0.6 is 0 Å². The van der Waals surface area contributed by atoms with Crippen molar-refractivity contribution in [2.24, 2.45) is 0 Å². The van der Waals surface area contributed by atoms with Gasteiger partial charge in [-0.1, -0.05) is 67.3 Å². The predicted octanol–water partition coefficient (Wildman–Crippen LogP) is 8.21. The van der Waals surface area contributed by atoms with Gasteiger partial charge < -0.3 is 9.47 Å².